The van der Waals surface area contributed by atoms with Gasteiger partial charge in [0.1, 0.15) is 0 Å². The van der Waals surface area contributed by atoms with Gasteiger partial charge in [0.2, 0.25) is 0 Å². The molecule has 5 heteroatoms. The summed E-state index contributed by atoms with van der Waals surface area (Å²) in [6.07, 6.45) is 0.968. The van der Waals surface area contributed by atoms with Gasteiger partial charge in [-0.05, 0) is 27.7 Å². The molecule has 1 aromatic heterocycles. The van der Waals surface area contributed by atoms with Gasteiger partial charge in [0.25, 0.3) is 5.91 Å². The smallest absolute Gasteiger partial charge is 0.271 e. The lowest BCUT2D eigenvalue weighted by atomic mass is 10.0. The van der Waals surface area contributed by atoms with E-state index in [1.807, 2.05) is 4.68 Å². The van der Waals surface area contributed by atoms with Gasteiger partial charge in [0.15, 0.2) is 5.69 Å². The molecule has 1 aromatic rings. The Kier molecular flexibility index (Phi) is 3.94. The SMILES string of the molecule is CNC(=O)c1nn(C(C)C)c2c1CN(C(C)C)CC2. The molecule has 1 aliphatic rings. The molecule has 0 spiro atoms. The van der Waals surface area contributed by atoms with Crippen molar-refractivity contribution < 1.29 is 4.79 Å². The maximum atomic E-state index is 12.0. The van der Waals surface area contributed by atoms with E-state index < -0.39 is 0 Å². The van der Waals surface area contributed by atoms with Crippen molar-refractivity contribution in [2.45, 2.75) is 52.7 Å². The van der Waals surface area contributed by atoms with E-state index in [1.54, 1.807) is 7.05 Å². The maximum absolute atomic E-state index is 12.0. The Morgan fingerprint density at radius 3 is 2.47 bits per heavy atom. The van der Waals surface area contributed by atoms with Gasteiger partial charge in [-0.1, -0.05) is 0 Å². The quantitative estimate of drug-likeness (QED) is 0.902. The van der Waals surface area contributed by atoms with Crippen LogP contribution in [0.2, 0.25) is 0 Å². The van der Waals surface area contributed by atoms with Crippen molar-refractivity contribution >= 4 is 5.91 Å². The predicted octanol–water partition coefficient (Wildman–Crippen LogP) is 1.59. The number of nitrogens with one attached hydrogen (secondary N) is 1. The van der Waals surface area contributed by atoms with E-state index in [-0.39, 0.29) is 11.9 Å². The highest BCUT2D eigenvalue weighted by molar-refractivity contribution is 5.93. The monoisotopic (exact) mass is 264 g/mol. The van der Waals surface area contributed by atoms with Crippen molar-refractivity contribution in [2.24, 2.45) is 0 Å². The Morgan fingerprint density at radius 2 is 1.95 bits per heavy atom. The van der Waals surface area contributed by atoms with Gasteiger partial charge in [-0.15, -0.1) is 0 Å². The van der Waals surface area contributed by atoms with Crippen LogP contribution in [0.4, 0.5) is 0 Å². The lowest BCUT2D eigenvalue weighted by molar-refractivity contribution is 0.0954. The van der Waals surface area contributed by atoms with Crippen molar-refractivity contribution in [2.75, 3.05) is 13.6 Å². The van der Waals surface area contributed by atoms with Crippen LogP contribution in [0.15, 0.2) is 0 Å². The third-order valence-corrected chi connectivity index (χ3v) is 3.78. The molecule has 0 radical (unpaired) electrons. The average molecular weight is 264 g/mol. The van der Waals surface area contributed by atoms with Crippen molar-refractivity contribution in [3.05, 3.63) is 17.0 Å². The lowest BCUT2D eigenvalue weighted by Crippen LogP contribution is -2.37. The van der Waals surface area contributed by atoms with Gasteiger partial charge in [-0.2, -0.15) is 5.10 Å². The molecule has 0 aromatic carbocycles. The molecule has 2 rings (SSSR count). The Hall–Kier alpha value is -1.36. The molecule has 2 heterocycles. The molecule has 0 saturated heterocycles. The molecular weight excluding hydrogens is 240 g/mol. The summed E-state index contributed by atoms with van der Waals surface area (Å²) in [5.74, 6) is -0.0822. The van der Waals surface area contributed by atoms with Gasteiger partial charge in [-0.3, -0.25) is 14.4 Å². The summed E-state index contributed by atoms with van der Waals surface area (Å²) >= 11 is 0. The van der Waals surface area contributed by atoms with Crippen LogP contribution in [-0.4, -0.2) is 40.2 Å². The first-order valence-corrected chi connectivity index (χ1v) is 7.02. The second-order valence-corrected chi connectivity index (χ2v) is 5.71. The standard InChI is InChI=1S/C14H24N4O/c1-9(2)17-7-6-12-11(8-17)13(14(19)15-5)16-18(12)10(3)4/h9-10H,6-8H2,1-5H3,(H,15,19). The molecule has 0 atom stereocenters. The Morgan fingerprint density at radius 1 is 1.26 bits per heavy atom. The molecule has 1 aliphatic heterocycles. The third kappa shape index (κ3) is 2.52. The van der Waals surface area contributed by atoms with Crippen molar-refractivity contribution in [3.8, 4) is 0 Å². The fourth-order valence-electron chi connectivity index (χ4n) is 2.64. The summed E-state index contributed by atoms with van der Waals surface area (Å²) in [6, 6.07) is 0.783. The Bertz CT molecular complexity index is 476. The summed E-state index contributed by atoms with van der Waals surface area (Å²) in [6.45, 7) is 10.5. The first kappa shape index (κ1) is 14.1. The first-order chi connectivity index (χ1) is 8.95. The van der Waals surface area contributed by atoms with E-state index in [2.05, 4.69) is 43.0 Å². The molecule has 0 saturated carbocycles. The minimum absolute atomic E-state index is 0.0822. The molecule has 0 aliphatic carbocycles. The van der Waals surface area contributed by atoms with Crippen molar-refractivity contribution in [1.29, 1.82) is 0 Å². The molecule has 1 N–H and O–H groups in total. The third-order valence-electron chi connectivity index (χ3n) is 3.78. The van der Waals surface area contributed by atoms with Gasteiger partial charge < -0.3 is 5.32 Å². The molecule has 0 bridgehead atoms. The zero-order valence-corrected chi connectivity index (χ0v) is 12.5. The number of rotatable bonds is 3. The fourth-order valence-corrected chi connectivity index (χ4v) is 2.64. The van der Waals surface area contributed by atoms with Crippen LogP contribution < -0.4 is 5.32 Å². The zero-order chi connectivity index (χ0) is 14.2. The van der Waals surface area contributed by atoms with E-state index in [4.69, 9.17) is 0 Å². The highest BCUT2D eigenvalue weighted by Gasteiger charge is 2.29. The van der Waals surface area contributed by atoms with Crippen LogP contribution in [0, 0.1) is 0 Å². The summed E-state index contributed by atoms with van der Waals surface area (Å²) < 4.78 is 2.01. The number of hydrogen-bond acceptors (Lipinski definition) is 3. The number of fused-ring (bicyclic) bond motifs is 1. The summed E-state index contributed by atoms with van der Waals surface area (Å²) in [4.78, 5) is 14.4. The van der Waals surface area contributed by atoms with Crippen LogP contribution >= 0.6 is 0 Å². The topological polar surface area (TPSA) is 50.2 Å². The van der Waals surface area contributed by atoms with Gasteiger partial charge in [0, 0.05) is 49.9 Å². The van der Waals surface area contributed by atoms with Crippen LogP contribution in [0.1, 0.15) is 55.5 Å². The second-order valence-electron chi connectivity index (χ2n) is 5.71. The number of carbonyl (C=O) groups excluding carboxylic acids is 1. The van der Waals surface area contributed by atoms with Crippen molar-refractivity contribution in [1.82, 2.24) is 20.0 Å². The lowest BCUT2D eigenvalue weighted by Gasteiger charge is -2.31. The van der Waals surface area contributed by atoms with Gasteiger partial charge in [0.05, 0.1) is 0 Å². The Balaban J connectivity index is 2.44. The summed E-state index contributed by atoms with van der Waals surface area (Å²) in [5, 5.41) is 7.23. The van der Waals surface area contributed by atoms with E-state index in [0.717, 1.165) is 25.1 Å². The zero-order valence-electron chi connectivity index (χ0n) is 12.5. The Labute approximate surface area is 115 Å². The second kappa shape index (κ2) is 5.33. The van der Waals surface area contributed by atoms with Gasteiger partial charge in [-0.25, -0.2) is 0 Å². The van der Waals surface area contributed by atoms with E-state index >= 15 is 0 Å². The van der Waals surface area contributed by atoms with E-state index in [1.165, 1.54) is 5.69 Å². The minimum atomic E-state index is -0.0822. The molecule has 1 amide bonds. The number of hydrogen-bond donors (Lipinski definition) is 1. The largest absolute Gasteiger partial charge is 0.354 e. The summed E-state index contributed by atoms with van der Waals surface area (Å²) in [5.41, 5.74) is 2.93. The fraction of sp³-hybridized carbons (Fsp3) is 0.714. The van der Waals surface area contributed by atoms with Gasteiger partial charge >= 0.3 is 0 Å². The normalized spacial score (nSPS) is 15.9. The minimum Gasteiger partial charge on any atom is -0.354 e. The number of aromatic nitrogens is 2. The predicted molar refractivity (Wildman–Crippen MR) is 75.3 cm³/mol. The van der Waals surface area contributed by atoms with Crippen molar-refractivity contribution in [3.63, 3.8) is 0 Å². The molecule has 0 fully saturated rings. The molecule has 5 nitrogen and oxygen atoms in total. The average Bonchev–Trinajstić information content (AvgIpc) is 2.76. The molecular formula is C14H24N4O. The molecule has 19 heavy (non-hydrogen) atoms. The van der Waals surface area contributed by atoms with Crippen LogP contribution in [0.5, 0.6) is 0 Å². The van der Waals surface area contributed by atoms with E-state index in [9.17, 15) is 4.79 Å². The van der Waals surface area contributed by atoms with Crippen LogP contribution in [-0.2, 0) is 13.0 Å². The number of nitrogens with zero attached hydrogens (tertiary/aromatic N) is 3. The molecule has 106 valence electrons. The van der Waals surface area contributed by atoms with Crippen LogP contribution in [0.25, 0.3) is 0 Å². The van der Waals surface area contributed by atoms with Crippen LogP contribution in [0.3, 0.4) is 0 Å². The molecule has 0 unspecified atom stereocenters. The number of amides is 1. The maximum Gasteiger partial charge on any atom is 0.271 e. The first-order valence-electron chi connectivity index (χ1n) is 7.02. The van der Waals surface area contributed by atoms with E-state index in [0.29, 0.717) is 11.7 Å². The highest BCUT2D eigenvalue weighted by Crippen LogP contribution is 2.26. The highest BCUT2D eigenvalue weighted by atomic mass is 16.1. The summed E-state index contributed by atoms with van der Waals surface area (Å²) in [7, 11) is 1.66. The number of carbonyl (C=O) groups is 1.